The summed E-state index contributed by atoms with van der Waals surface area (Å²) in [5.41, 5.74) is 6.72. The molecule has 172 valence electrons. The number of rotatable bonds is 7. The second-order valence-corrected chi connectivity index (χ2v) is 10.4. The summed E-state index contributed by atoms with van der Waals surface area (Å²) >= 11 is 0. The lowest BCUT2D eigenvalue weighted by atomic mass is 9.94. The molecule has 7 heteroatoms. The third-order valence-electron chi connectivity index (χ3n) is 6.15. The Morgan fingerprint density at radius 3 is 2.42 bits per heavy atom. The number of aliphatic hydroxyl groups excluding tert-OH is 1. The maximum absolute atomic E-state index is 12.1. The van der Waals surface area contributed by atoms with Crippen LogP contribution in [-0.2, 0) is 9.84 Å². The molecule has 0 saturated carbocycles. The highest BCUT2D eigenvalue weighted by Gasteiger charge is 2.22. The standard InChI is InChI=1S/C26H28N2O4S/c1-5-33(30,31)19-12-10-18(11-13-19)21(15-29)26-27-22-14-16(2)24(17(3)25(22)28-26)20-8-6-7-9-23(20)32-4/h6-14,21,29H,5,15H2,1-4H3,(H,27,28). The third-order valence-corrected chi connectivity index (χ3v) is 7.90. The molecule has 1 heterocycles. The maximum atomic E-state index is 12.1. The van der Waals surface area contributed by atoms with Crippen molar-refractivity contribution in [2.45, 2.75) is 31.6 Å². The molecule has 2 N–H and O–H groups in total. The third kappa shape index (κ3) is 4.14. The van der Waals surface area contributed by atoms with Gasteiger partial charge in [0.1, 0.15) is 11.6 Å². The SMILES string of the molecule is CCS(=O)(=O)c1ccc(C(CO)c2nc3c(C)c(-c4ccccc4OC)c(C)cc3[nH]2)cc1. The van der Waals surface area contributed by atoms with Gasteiger partial charge in [0, 0.05) is 5.56 Å². The highest BCUT2D eigenvalue weighted by atomic mass is 32.2. The Morgan fingerprint density at radius 2 is 1.79 bits per heavy atom. The number of nitrogens with zero attached hydrogens (tertiary/aromatic N) is 1. The minimum atomic E-state index is -3.28. The molecule has 1 atom stereocenters. The van der Waals surface area contributed by atoms with Crippen molar-refractivity contribution < 1.29 is 18.3 Å². The van der Waals surface area contributed by atoms with Crippen LogP contribution in [0.2, 0.25) is 0 Å². The Bertz CT molecular complexity index is 1410. The molecular weight excluding hydrogens is 436 g/mol. The van der Waals surface area contributed by atoms with E-state index >= 15 is 0 Å². The highest BCUT2D eigenvalue weighted by Crippen LogP contribution is 2.38. The first-order chi connectivity index (χ1) is 15.8. The summed E-state index contributed by atoms with van der Waals surface area (Å²) in [5, 5.41) is 10.2. The summed E-state index contributed by atoms with van der Waals surface area (Å²) in [6.07, 6.45) is 0. The van der Waals surface area contributed by atoms with E-state index < -0.39 is 15.8 Å². The number of methoxy groups -OCH3 is 1. The molecule has 4 aromatic rings. The molecule has 0 radical (unpaired) electrons. The average molecular weight is 465 g/mol. The van der Waals surface area contributed by atoms with Crippen LogP contribution < -0.4 is 4.74 Å². The number of ether oxygens (including phenoxy) is 1. The molecule has 0 aliphatic heterocycles. The molecule has 0 aliphatic rings. The molecule has 0 fully saturated rings. The number of aromatic amines is 1. The maximum Gasteiger partial charge on any atom is 0.178 e. The summed E-state index contributed by atoms with van der Waals surface area (Å²) in [4.78, 5) is 8.51. The Kier molecular flexibility index (Phi) is 6.28. The average Bonchev–Trinajstić information content (AvgIpc) is 3.24. The monoisotopic (exact) mass is 464 g/mol. The number of aliphatic hydroxyl groups is 1. The molecule has 0 amide bonds. The van der Waals surface area contributed by atoms with Gasteiger partial charge in [0.25, 0.3) is 0 Å². The van der Waals surface area contributed by atoms with Gasteiger partial charge in [-0.15, -0.1) is 0 Å². The Labute approximate surface area is 194 Å². The number of benzene rings is 3. The van der Waals surface area contributed by atoms with Gasteiger partial charge in [-0.25, -0.2) is 13.4 Å². The second-order valence-electron chi connectivity index (χ2n) is 8.12. The van der Waals surface area contributed by atoms with Crippen LogP contribution in [0.15, 0.2) is 59.5 Å². The van der Waals surface area contributed by atoms with E-state index in [-0.39, 0.29) is 17.3 Å². The molecule has 6 nitrogen and oxygen atoms in total. The van der Waals surface area contributed by atoms with Gasteiger partial charge in [-0.1, -0.05) is 37.3 Å². The fourth-order valence-corrected chi connectivity index (χ4v) is 5.24. The Hall–Kier alpha value is -3.16. The van der Waals surface area contributed by atoms with E-state index in [0.717, 1.165) is 44.6 Å². The van der Waals surface area contributed by atoms with Crippen molar-refractivity contribution in [1.82, 2.24) is 9.97 Å². The molecule has 0 bridgehead atoms. The molecule has 0 aliphatic carbocycles. The van der Waals surface area contributed by atoms with Crippen LogP contribution in [0.25, 0.3) is 22.2 Å². The first-order valence-corrected chi connectivity index (χ1v) is 12.5. The van der Waals surface area contributed by atoms with Crippen molar-refractivity contribution in [1.29, 1.82) is 0 Å². The van der Waals surface area contributed by atoms with Gasteiger partial charge in [-0.3, -0.25) is 0 Å². The number of fused-ring (bicyclic) bond motifs is 1. The van der Waals surface area contributed by atoms with E-state index in [0.29, 0.717) is 5.82 Å². The van der Waals surface area contributed by atoms with Crippen molar-refractivity contribution >= 4 is 20.9 Å². The number of para-hydroxylation sites is 1. The molecule has 1 unspecified atom stereocenters. The van der Waals surface area contributed by atoms with E-state index in [2.05, 4.69) is 18.0 Å². The van der Waals surface area contributed by atoms with E-state index in [9.17, 15) is 13.5 Å². The lowest BCUT2D eigenvalue weighted by Crippen LogP contribution is -2.09. The van der Waals surface area contributed by atoms with Crippen LogP contribution >= 0.6 is 0 Å². The lowest BCUT2D eigenvalue weighted by Gasteiger charge is -2.14. The van der Waals surface area contributed by atoms with Crippen LogP contribution in [0.1, 0.15) is 35.4 Å². The van der Waals surface area contributed by atoms with E-state index in [4.69, 9.17) is 9.72 Å². The van der Waals surface area contributed by atoms with Gasteiger partial charge in [0.05, 0.1) is 41.3 Å². The summed E-state index contributed by atoms with van der Waals surface area (Å²) in [6, 6.07) is 16.6. The predicted molar refractivity (Wildman–Crippen MR) is 131 cm³/mol. The van der Waals surface area contributed by atoms with E-state index in [1.807, 2.05) is 31.2 Å². The number of H-pyrrole nitrogens is 1. The second kappa shape index (κ2) is 9.00. The van der Waals surface area contributed by atoms with Crippen molar-refractivity contribution in [3.8, 4) is 16.9 Å². The van der Waals surface area contributed by atoms with Crippen LogP contribution in [0.3, 0.4) is 0 Å². The summed E-state index contributed by atoms with van der Waals surface area (Å²) in [5.74, 6) is 1.09. The van der Waals surface area contributed by atoms with Crippen LogP contribution in [-0.4, -0.2) is 43.0 Å². The number of aryl methyl sites for hydroxylation is 2. The Balaban J connectivity index is 1.80. The quantitative estimate of drug-likeness (QED) is 0.411. The molecule has 33 heavy (non-hydrogen) atoms. The fraction of sp³-hybridized carbons (Fsp3) is 0.269. The topological polar surface area (TPSA) is 92.3 Å². The molecular formula is C26H28N2O4S. The number of aromatic nitrogens is 2. The first kappa shape index (κ1) is 23.0. The molecule has 0 spiro atoms. The van der Waals surface area contributed by atoms with Gasteiger partial charge in [0.2, 0.25) is 0 Å². The Morgan fingerprint density at radius 1 is 1.09 bits per heavy atom. The molecule has 1 aromatic heterocycles. The zero-order chi connectivity index (χ0) is 23.8. The predicted octanol–water partition coefficient (Wildman–Crippen LogP) is 4.77. The van der Waals surface area contributed by atoms with Crippen LogP contribution in [0.5, 0.6) is 5.75 Å². The summed E-state index contributed by atoms with van der Waals surface area (Å²) < 4.78 is 29.8. The van der Waals surface area contributed by atoms with Gasteiger partial charge in [-0.2, -0.15) is 0 Å². The number of sulfone groups is 1. The fourth-order valence-electron chi connectivity index (χ4n) is 4.35. The van der Waals surface area contributed by atoms with Crippen molar-refractivity contribution in [2.24, 2.45) is 0 Å². The number of hydrogen-bond acceptors (Lipinski definition) is 5. The molecule has 4 rings (SSSR count). The van der Waals surface area contributed by atoms with Crippen LogP contribution in [0.4, 0.5) is 0 Å². The minimum absolute atomic E-state index is 0.0481. The van der Waals surface area contributed by atoms with E-state index in [1.54, 1.807) is 38.3 Å². The lowest BCUT2D eigenvalue weighted by molar-refractivity contribution is 0.277. The largest absolute Gasteiger partial charge is 0.496 e. The van der Waals surface area contributed by atoms with Crippen molar-refractivity contribution in [3.05, 3.63) is 77.1 Å². The first-order valence-electron chi connectivity index (χ1n) is 10.9. The van der Waals surface area contributed by atoms with Gasteiger partial charge in [0.15, 0.2) is 9.84 Å². The minimum Gasteiger partial charge on any atom is -0.496 e. The smallest absolute Gasteiger partial charge is 0.178 e. The van der Waals surface area contributed by atoms with Gasteiger partial charge in [-0.05, 0) is 60.4 Å². The number of imidazole rings is 1. The summed E-state index contributed by atoms with van der Waals surface area (Å²) in [7, 11) is -1.61. The molecule has 0 saturated heterocycles. The molecule has 3 aromatic carbocycles. The van der Waals surface area contributed by atoms with Crippen LogP contribution in [0, 0.1) is 13.8 Å². The van der Waals surface area contributed by atoms with Crippen molar-refractivity contribution in [2.75, 3.05) is 19.5 Å². The van der Waals surface area contributed by atoms with Crippen molar-refractivity contribution in [3.63, 3.8) is 0 Å². The zero-order valence-corrected chi connectivity index (χ0v) is 20.0. The zero-order valence-electron chi connectivity index (χ0n) is 19.2. The number of hydrogen-bond donors (Lipinski definition) is 2. The van der Waals surface area contributed by atoms with Gasteiger partial charge >= 0.3 is 0 Å². The van der Waals surface area contributed by atoms with Gasteiger partial charge < -0.3 is 14.8 Å². The highest BCUT2D eigenvalue weighted by molar-refractivity contribution is 7.91. The van der Waals surface area contributed by atoms with E-state index in [1.165, 1.54) is 0 Å². The normalized spacial score (nSPS) is 12.8. The number of nitrogens with one attached hydrogen (secondary N) is 1. The summed E-state index contributed by atoms with van der Waals surface area (Å²) in [6.45, 7) is 5.57.